The van der Waals surface area contributed by atoms with Crippen molar-refractivity contribution >= 4 is 0 Å². The van der Waals surface area contributed by atoms with E-state index in [1.807, 2.05) is 24.5 Å². The van der Waals surface area contributed by atoms with Crippen LogP contribution in [-0.4, -0.2) is 28.6 Å². The Balaban J connectivity index is 1.83. The van der Waals surface area contributed by atoms with E-state index in [2.05, 4.69) is 16.0 Å². The quantitative estimate of drug-likeness (QED) is 0.938. The number of hydrogen-bond donors (Lipinski definition) is 1. The fourth-order valence-corrected chi connectivity index (χ4v) is 3.17. The molecule has 2 heterocycles. The van der Waals surface area contributed by atoms with Gasteiger partial charge in [0.05, 0.1) is 7.11 Å². The third kappa shape index (κ3) is 3.22. The van der Waals surface area contributed by atoms with E-state index >= 15 is 0 Å². The van der Waals surface area contributed by atoms with Gasteiger partial charge in [0.15, 0.2) is 0 Å². The average Bonchev–Trinajstić information content (AvgIpc) is 2.58. The number of methoxy groups -OCH3 is 1. The topological polar surface area (TPSA) is 45.6 Å². The number of nitrogens with zero attached hydrogens (tertiary/aromatic N) is 2. The molecule has 3 rings (SSSR count). The molecule has 0 amide bonds. The largest absolute Gasteiger partial charge is 0.508 e. The Kier molecular flexibility index (Phi) is 4.59. The predicted octanol–water partition coefficient (Wildman–Crippen LogP) is 3.52. The summed E-state index contributed by atoms with van der Waals surface area (Å²) in [4.78, 5) is 6.68. The molecule has 4 heteroatoms. The van der Waals surface area contributed by atoms with Gasteiger partial charge in [0.25, 0.3) is 0 Å². The van der Waals surface area contributed by atoms with Crippen molar-refractivity contribution in [2.24, 2.45) is 0 Å². The lowest BCUT2D eigenvalue weighted by Crippen LogP contribution is -2.33. The van der Waals surface area contributed by atoms with Crippen molar-refractivity contribution in [1.82, 2.24) is 9.88 Å². The van der Waals surface area contributed by atoms with Gasteiger partial charge in [0.1, 0.15) is 11.5 Å². The van der Waals surface area contributed by atoms with E-state index in [4.69, 9.17) is 4.74 Å². The van der Waals surface area contributed by atoms with Gasteiger partial charge in [-0.2, -0.15) is 0 Å². The molecule has 1 N–H and O–H groups in total. The first-order chi connectivity index (χ1) is 10.8. The van der Waals surface area contributed by atoms with Crippen LogP contribution in [0.3, 0.4) is 0 Å². The van der Waals surface area contributed by atoms with E-state index in [9.17, 15) is 5.11 Å². The molecule has 0 aliphatic carbocycles. The molecule has 1 aromatic heterocycles. The van der Waals surface area contributed by atoms with Gasteiger partial charge in [-0.05, 0) is 49.2 Å². The standard InChI is InChI=1S/C18H22N2O2/c1-22-16-7-8-18(21)15(11-16)13-20-10-3-2-6-17(20)14-5-4-9-19-12-14/h4-5,7-9,11-12,17,21H,2-3,6,10,13H2,1H3/t17-/m1/s1. The molecule has 0 saturated carbocycles. The Morgan fingerprint density at radius 2 is 2.23 bits per heavy atom. The zero-order valence-electron chi connectivity index (χ0n) is 12.9. The van der Waals surface area contributed by atoms with Crippen molar-refractivity contribution in [2.45, 2.75) is 31.8 Å². The minimum atomic E-state index is 0.330. The third-order valence-electron chi connectivity index (χ3n) is 4.34. The maximum atomic E-state index is 10.1. The number of hydrogen-bond acceptors (Lipinski definition) is 4. The summed E-state index contributed by atoms with van der Waals surface area (Å²) >= 11 is 0. The number of pyridine rings is 1. The lowest BCUT2D eigenvalue weighted by atomic mass is 9.95. The highest BCUT2D eigenvalue weighted by atomic mass is 16.5. The van der Waals surface area contributed by atoms with Gasteiger partial charge in [-0.1, -0.05) is 12.5 Å². The maximum Gasteiger partial charge on any atom is 0.120 e. The summed E-state index contributed by atoms with van der Waals surface area (Å²) in [5.74, 6) is 1.11. The molecular formula is C18H22N2O2. The molecule has 1 aliphatic heterocycles. The normalized spacial score (nSPS) is 19.0. The molecule has 0 unspecified atom stereocenters. The van der Waals surface area contributed by atoms with E-state index in [1.165, 1.54) is 18.4 Å². The van der Waals surface area contributed by atoms with Gasteiger partial charge < -0.3 is 9.84 Å². The number of rotatable bonds is 4. The smallest absolute Gasteiger partial charge is 0.120 e. The lowest BCUT2D eigenvalue weighted by Gasteiger charge is -2.36. The monoisotopic (exact) mass is 298 g/mol. The second kappa shape index (κ2) is 6.79. The molecule has 2 aromatic rings. The van der Waals surface area contributed by atoms with Crippen LogP contribution in [0, 0.1) is 0 Å². The van der Waals surface area contributed by atoms with E-state index in [-0.39, 0.29) is 0 Å². The third-order valence-corrected chi connectivity index (χ3v) is 4.34. The first-order valence-electron chi connectivity index (χ1n) is 7.78. The van der Waals surface area contributed by atoms with E-state index in [0.29, 0.717) is 11.8 Å². The number of likely N-dealkylation sites (tertiary alicyclic amines) is 1. The number of piperidine rings is 1. The van der Waals surface area contributed by atoms with Crippen molar-refractivity contribution < 1.29 is 9.84 Å². The zero-order valence-corrected chi connectivity index (χ0v) is 12.9. The number of phenolic OH excluding ortho intramolecular Hbond substituents is 1. The fourth-order valence-electron chi connectivity index (χ4n) is 3.17. The summed E-state index contributed by atoms with van der Waals surface area (Å²) in [6.07, 6.45) is 7.33. The van der Waals surface area contributed by atoms with E-state index in [1.54, 1.807) is 19.2 Å². The SMILES string of the molecule is COc1ccc(O)c(CN2CCCC[C@@H]2c2cccnc2)c1. The van der Waals surface area contributed by atoms with Crippen LogP contribution in [0.1, 0.15) is 36.4 Å². The summed E-state index contributed by atoms with van der Waals surface area (Å²) in [5, 5.41) is 10.1. The molecule has 4 nitrogen and oxygen atoms in total. The second-order valence-corrected chi connectivity index (χ2v) is 5.76. The molecule has 1 atom stereocenters. The molecule has 1 aliphatic rings. The van der Waals surface area contributed by atoms with E-state index < -0.39 is 0 Å². The predicted molar refractivity (Wildman–Crippen MR) is 85.9 cm³/mol. The molecular weight excluding hydrogens is 276 g/mol. The number of ether oxygens (including phenoxy) is 1. The molecule has 1 fully saturated rings. The summed E-state index contributed by atoms with van der Waals surface area (Å²) in [6, 6.07) is 9.91. The van der Waals surface area contributed by atoms with Crippen LogP contribution in [0.2, 0.25) is 0 Å². The highest BCUT2D eigenvalue weighted by molar-refractivity contribution is 5.39. The van der Waals surface area contributed by atoms with Gasteiger partial charge in [-0.3, -0.25) is 9.88 Å². The molecule has 1 aromatic carbocycles. The first kappa shape index (κ1) is 14.9. The van der Waals surface area contributed by atoms with Crippen LogP contribution in [0.4, 0.5) is 0 Å². The zero-order chi connectivity index (χ0) is 15.4. The van der Waals surface area contributed by atoms with Crippen LogP contribution in [-0.2, 0) is 6.54 Å². The van der Waals surface area contributed by atoms with Crippen molar-refractivity contribution in [3.8, 4) is 11.5 Å². The van der Waals surface area contributed by atoms with Gasteiger partial charge in [-0.25, -0.2) is 0 Å². The Bertz CT molecular complexity index is 616. The lowest BCUT2D eigenvalue weighted by molar-refractivity contribution is 0.139. The Labute approximate surface area is 131 Å². The number of benzene rings is 1. The highest BCUT2D eigenvalue weighted by Crippen LogP contribution is 2.33. The Hall–Kier alpha value is -2.07. The summed E-state index contributed by atoms with van der Waals surface area (Å²) in [7, 11) is 1.65. The maximum absolute atomic E-state index is 10.1. The average molecular weight is 298 g/mol. The van der Waals surface area contributed by atoms with Crippen LogP contribution < -0.4 is 4.74 Å². The number of aromatic hydroxyl groups is 1. The summed E-state index contributed by atoms with van der Waals surface area (Å²) in [5.41, 5.74) is 2.17. The minimum Gasteiger partial charge on any atom is -0.508 e. The van der Waals surface area contributed by atoms with Crippen LogP contribution in [0.25, 0.3) is 0 Å². The van der Waals surface area contributed by atoms with E-state index in [0.717, 1.165) is 30.8 Å². The Morgan fingerprint density at radius 1 is 1.32 bits per heavy atom. The summed E-state index contributed by atoms with van der Waals surface area (Å²) < 4.78 is 5.27. The van der Waals surface area contributed by atoms with Gasteiger partial charge in [0, 0.05) is 30.5 Å². The second-order valence-electron chi connectivity index (χ2n) is 5.76. The van der Waals surface area contributed by atoms with Crippen molar-refractivity contribution in [3.05, 3.63) is 53.9 Å². The first-order valence-corrected chi connectivity index (χ1v) is 7.78. The summed E-state index contributed by atoms with van der Waals surface area (Å²) in [6.45, 7) is 1.76. The van der Waals surface area contributed by atoms with Crippen molar-refractivity contribution in [1.29, 1.82) is 0 Å². The molecule has 1 saturated heterocycles. The van der Waals surface area contributed by atoms with Gasteiger partial charge >= 0.3 is 0 Å². The fraction of sp³-hybridized carbons (Fsp3) is 0.389. The molecule has 0 spiro atoms. The number of phenols is 1. The van der Waals surface area contributed by atoms with Gasteiger partial charge in [0.2, 0.25) is 0 Å². The minimum absolute atomic E-state index is 0.330. The molecule has 0 bridgehead atoms. The van der Waals surface area contributed by atoms with Crippen molar-refractivity contribution in [2.75, 3.05) is 13.7 Å². The van der Waals surface area contributed by atoms with Gasteiger partial charge in [-0.15, -0.1) is 0 Å². The Morgan fingerprint density at radius 3 is 3.00 bits per heavy atom. The molecule has 116 valence electrons. The van der Waals surface area contributed by atoms with Crippen molar-refractivity contribution in [3.63, 3.8) is 0 Å². The highest BCUT2D eigenvalue weighted by Gasteiger charge is 2.24. The number of aromatic nitrogens is 1. The molecule has 0 radical (unpaired) electrons. The van der Waals surface area contributed by atoms with Crippen LogP contribution in [0.15, 0.2) is 42.7 Å². The molecule has 22 heavy (non-hydrogen) atoms. The van der Waals surface area contributed by atoms with Crippen LogP contribution >= 0.6 is 0 Å². The van der Waals surface area contributed by atoms with Crippen LogP contribution in [0.5, 0.6) is 11.5 Å².